The van der Waals surface area contributed by atoms with Crippen LogP contribution >= 0.6 is 23.2 Å². The number of sulfone groups is 1. The summed E-state index contributed by atoms with van der Waals surface area (Å²) < 4.78 is 54.6. The summed E-state index contributed by atoms with van der Waals surface area (Å²) >= 11 is 11.9. The van der Waals surface area contributed by atoms with E-state index in [1.807, 2.05) is 0 Å². The molecule has 0 amide bonds. The van der Waals surface area contributed by atoms with Gasteiger partial charge < -0.3 is 0 Å². The molecule has 4 aromatic rings. The van der Waals surface area contributed by atoms with Gasteiger partial charge in [-0.15, -0.1) is 0 Å². The van der Waals surface area contributed by atoms with E-state index in [4.69, 9.17) is 23.2 Å². The molecule has 29 heavy (non-hydrogen) atoms. The average molecular weight is 450 g/mol. The van der Waals surface area contributed by atoms with E-state index in [0.29, 0.717) is 16.5 Å². The molecule has 0 spiro atoms. The average Bonchev–Trinajstić information content (AvgIpc) is 2.67. The van der Waals surface area contributed by atoms with E-state index in [-0.39, 0.29) is 20.5 Å². The second-order valence-electron chi connectivity index (χ2n) is 6.26. The normalized spacial score (nSPS) is 11.7. The molecular formula is C21H11Cl2F2NO2S. The summed E-state index contributed by atoms with van der Waals surface area (Å²) in [5.41, 5.74) is 0.588. The van der Waals surface area contributed by atoms with Crippen LogP contribution in [0.4, 0.5) is 8.78 Å². The number of aromatic nitrogens is 1. The molecule has 0 aliphatic rings. The highest BCUT2D eigenvalue weighted by Gasteiger charge is 2.23. The van der Waals surface area contributed by atoms with Gasteiger partial charge in [-0.05, 0) is 53.6 Å². The molecule has 0 radical (unpaired) electrons. The molecule has 0 N–H and O–H groups in total. The van der Waals surface area contributed by atoms with Crippen molar-refractivity contribution >= 4 is 43.9 Å². The van der Waals surface area contributed by atoms with Gasteiger partial charge in [0.2, 0.25) is 9.84 Å². The number of rotatable bonds is 3. The molecule has 0 saturated heterocycles. The molecule has 0 unspecified atom stereocenters. The van der Waals surface area contributed by atoms with Crippen LogP contribution in [0.3, 0.4) is 0 Å². The third kappa shape index (κ3) is 3.71. The summed E-state index contributed by atoms with van der Waals surface area (Å²) in [5.74, 6) is -1.20. The minimum atomic E-state index is -4.17. The predicted molar refractivity (Wildman–Crippen MR) is 109 cm³/mol. The summed E-state index contributed by atoms with van der Waals surface area (Å²) in [6.07, 6.45) is 0. The van der Waals surface area contributed by atoms with Gasteiger partial charge in [-0.2, -0.15) is 0 Å². The van der Waals surface area contributed by atoms with Crippen molar-refractivity contribution in [2.45, 2.75) is 9.92 Å². The molecule has 0 aliphatic heterocycles. The van der Waals surface area contributed by atoms with Crippen LogP contribution in [0.1, 0.15) is 0 Å². The van der Waals surface area contributed by atoms with Crippen molar-refractivity contribution in [2.75, 3.05) is 0 Å². The van der Waals surface area contributed by atoms with Crippen molar-refractivity contribution in [2.24, 2.45) is 0 Å². The Morgan fingerprint density at radius 3 is 2.21 bits per heavy atom. The zero-order valence-corrected chi connectivity index (χ0v) is 16.9. The minimum absolute atomic E-state index is 0.133. The lowest BCUT2D eigenvalue weighted by atomic mass is 10.0. The number of halogens is 4. The van der Waals surface area contributed by atoms with E-state index in [1.54, 1.807) is 12.1 Å². The summed E-state index contributed by atoms with van der Waals surface area (Å²) in [7, 11) is -4.17. The van der Waals surface area contributed by atoms with Gasteiger partial charge >= 0.3 is 0 Å². The summed E-state index contributed by atoms with van der Waals surface area (Å²) in [5, 5.41) is 0.230. The van der Waals surface area contributed by atoms with E-state index in [9.17, 15) is 17.2 Å². The van der Waals surface area contributed by atoms with Crippen LogP contribution in [-0.2, 0) is 9.84 Å². The molecule has 1 aromatic heterocycles. The van der Waals surface area contributed by atoms with Crippen LogP contribution in [0, 0.1) is 11.6 Å². The van der Waals surface area contributed by atoms with Crippen LogP contribution in [-0.4, -0.2) is 13.4 Å². The van der Waals surface area contributed by atoms with Gasteiger partial charge in [0.25, 0.3) is 0 Å². The Morgan fingerprint density at radius 2 is 1.52 bits per heavy atom. The monoisotopic (exact) mass is 449 g/mol. The second-order valence-corrected chi connectivity index (χ2v) is 9.03. The standard InChI is InChI=1S/C21H11Cl2F2NO2S/c22-13-8-14(23)10-16(9-13)29(27,28)20-11-18(12-3-1-4-15(24)7-12)17-5-2-6-19(25)21(17)26-20/h1-11H. The van der Waals surface area contributed by atoms with Crippen LogP contribution in [0.15, 0.2) is 76.7 Å². The Hall–Kier alpha value is -2.54. The largest absolute Gasteiger partial charge is 0.233 e. The summed E-state index contributed by atoms with van der Waals surface area (Å²) in [6.45, 7) is 0. The topological polar surface area (TPSA) is 47.0 Å². The predicted octanol–water partition coefficient (Wildman–Crippen LogP) is 6.32. The molecule has 0 saturated carbocycles. The Balaban J connectivity index is 2.05. The number of hydrogen-bond acceptors (Lipinski definition) is 3. The highest BCUT2D eigenvalue weighted by atomic mass is 35.5. The maximum Gasteiger partial charge on any atom is 0.223 e. The first-order valence-corrected chi connectivity index (χ1v) is 10.6. The minimum Gasteiger partial charge on any atom is -0.233 e. The fourth-order valence-electron chi connectivity index (χ4n) is 3.03. The van der Waals surface area contributed by atoms with E-state index < -0.39 is 26.5 Å². The third-order valence-electron chi connectivity index (χ3n) is 4.32. The molecular weight excluding hydrogens is 439 g/mol. The number of fused-ring (bicyclic) bond motifs is 1. The van der Waals surface area contributed by atoms with Crippen molar-refractivity contribution in [1.29, 1.82) is 0 Å². The van der Waals surface area contributed by atoms with Crippen molar-refractivity contribution in [1.82, 2.24) is 4.98 Å². The quantitative estimate of drug-likeness (QED) is 0.367. The Morgan fingerprint density at radius 1 is 0.828 bits per heavy atom. The summed E-state index contributed by atoms with van der Waals surface area (Å²) in [4.78, 5) is 3.87. The third-order valence-corrected chi connectivity index (χ3v) is 6.38. The SMILES string of the molecule is O=S(=O)(c1cc(Cl)cc(Cl)c1)c1cc(-c2cccc(F)c2)c2cccc(F)c2n1. The zero-order valence-electron chi connectivity index (χ0n) is 14.5. The lowest BCUT2D eigenvalue weighted by molar-refractivity contribution is 0.592. The number of nitrogens with zero attached hydrogens (tertiary/aromatic N) is 1. The van der Waals surface area contributed by atoms with Crippen molar-refractivity contribution in [3.63, 3.8) is 0 Å². The molecule has 146 valence electrons. The first-order chi connectivity index (χ1) is 13.8. The Bertz CT molecular complexity index is 1350. The van der Waals surface area contributed by atoms with E-state index in [1.165, 1.54) is 54.6 Å². The maximum absolute atomic E-state index is 14.5. The highest BCUT2D eigenvalue weighted by Crippen LogP contribution is 2.34. The molecule has 0 aliphatic carbocycles. The number of hydrogen-bond donors (Lipinski definition) is 0. The van der Waals surface area contributed by atoms with Gasteiger partial charge in [0.15, 0.2) is 5.03 Å². The van der Waals surface area contributed by atoms with Gasteiger partial charge in [-0.3, -0.25) is 0 Å². The molecule has 8 heteroatoms. The van der Waals surface area contributed by atoms with Crippen LogP contribution in [0.2, 0.25) is 10.0 Å². The Kier molecular flexibility index (Phi) is 5.02. The fraction of sp³-hybridized carbons (Fsp3) is 0. The lowest BCUT2D eigenvalue weighted by Gasteiger charge is -2.12. The van der Waals surface area contributed by atoms with E-state index >= 15 is 0 Å². The maximum atomic E-state index is 14.5. The van der Waals surface area contributed by atoms with Crippen LogP contribution < -0.4 is 0 Å². The van der Waals surface area contributed by atoms with Crippen molar-refractivity contribution in [3.05, 3.63) is 88.4 Å². The van der Waals surface area contributed by atoms with Gasteiger partial charge in [0.05, 0.1) is 4.90 Å². The molecule has 3 aromatic carbocycles. The fourth-order valence-corrected chi connectivity index (χ4v) is 4.97. The van der Waals surface area contributed by atoms with E-state index in [0.717, 1.165) is 0 Å². The van der Waals surface area contributed by atoms with E-state index in [2.05, 4.69) is 4.98 Å². The molecule has 0 bridgehead atoms. The Labute approximate surface area is 175 Å². The second kappa shape index (κ2) is 7.37. The number of benzene rings is 3. The number of pyridine rings is 1. The molecule has 3 nitrogen and oxygen atoms in total. The van der Waals surface area contributed by atoms with Gasteiger partial charge in [0.1, 0.15) is 17.2 Å². The smallest absolute Gasteiger partial charge is 0.223 e. The molecule has 0 fully saturated rings. The van der Waals surface area contributed by atoms with Crippen molar-refractivity contribution < 1.29 is 17.2 Å². The molecule has 1 heterocycles. The van der Waals surface area contributed by atoms with Crippen LogP contribution in [0.5, 0.6) is 0 Å². The first kappa shape index (κ1) is 19.8. The highest BCUT2D eigenvalue weighted by molar-refractivity contribution is 7.91. The zero-order chi connectivity index (χ0) is 20.8. The van der Waals surface area contributed by atoms with Gasteiger partial charge in [-0.25, -0.2) is 22.2 Å². The van der Waals surface area contributed by atoms with Gasteiger partial charge in [-0.1, -0.05) is 47.5 Å². The van der Waals surface area contributed by atoms with Gasteiger partial charge in [0, 0.05) is 15.4 Å². The van der Waals surface area contributed by atoms with Crippen molar-refractivity contribution in [3.8, 4) is 11.1 Å². The summed E-state index contributed by atoms with van der Waals surface area (Å²) in [6, 6.07) is 15.0. The van der Waals surface area contributed by atoms with Crippen LogP contribution in [0.25, 0.3) is 22.0 Å². The number of para-hydroxylation sites is 1. The lowest BCUT2D eigenvalue weighted by Crippen LogP contribution is -2.06. The molecule has 4 rings (SSSR count). The molecule has 0 atom stereocenters. The first-order valence-electron chi connectivity index (χ1n) is 8.32.